The maximum atomic E-state index is 12.9. The van der Waals surface area contributed by atoms with Gasteiger partial charge in [-0.3, -0.25) is 0 Å². The molecule has 0 heterocycles. The predicted octanol–water partition coefficient (Wildman–Crippen LogP) is 2.54. The van der Waals surface area contributed by atoms with E-state index in [0.29, 0.717) is 6.07 Å². The van der Waals surface area contributed by atoms with Gasteiger partial charge in [0.1, 0.15) is 11.6 Å². The lowest BCUT2D eigenvalue weighted by atomic mass is 10.1. The fourth-order valence-corrected chi connectivity index (χ4v) is 1.35. The highest BCUT2D eigenvalue weighted by molar-refractivity contribution is 5.20. The van der Waals surface area contributed by atoms with E-state index in [9.17, 15) is 22.0 Å². The molecule has 0 spiro atoms. The first-order valence-corrected chi connectivity index (χ1v) is 5.14. The first-order valence-electron chi connectivity index (χ1n) is 5.14. The van der Waals surface area contributed by atoms with Crippen molar-refractivity contribution in [3.8, 4) is 0 Å². The van der Waals surface area contributed by atoms with E-state index >= 15 is 0 Å². The summed E-state index contributed by atoms with van der Waals surface area (Å²) >= 11 is 0. The van der Waals surface area contributed by atoms with Gasteiger partial charge < -0.3 is 10.4 Å². The van der Waals surface area contributed by atoms with Gasteiger partial charge in [0.05, 0.1) is 0 Å². The molecule has 2 atom stereocenters. The zero-order valence-electron chi connectivity index (χ0n) is 9.43. The number of rotatable bonds is 4. The van der Waals surface area contributed by atoms with Crippen LogP contribution in [-0.4, -0.2) is 23.9 Å². The predicted molar refractivity (Wildman–Crippen MR) is 54.8 cm³/mol. The molecule has 1 aromatic rings. The van der Waals surface area contributed by atoms with Crippen LogP contribution in [0.3, 0.4) is 0 Å². The number of aliphatic hydroxyl groups is 1. The first kappa shape index (κ1) is 14.8. The molecule has 0 aliphatic rings. The largest absolute Gasteiger partial charge is 0.415 e. The average molecular weight is 269 g/mol. The lowest BCUT2D eigenvalue weighted by Gasteiger charge is -2.19. The smallest absolute Gasteiger partial charge is 0.382 e. The molecule has 1 rings (SSSR count). The van der Waals surface area contributed by atoms with Crippen molar-refractivity contribution in [2.24, 2.45) is 0 Å². The Morgan fingerprint density at radius 2 is 1.67 bits per heavy atom. The minimum atomic E-state index is -4.72. The number of aliphatic hydroxyl groups excluding tert-OH is 1. The molecule has 1 aromatic carbocycles. The van der Waals surface area contributed by atoms with Crippen molar-refractivity contribution in [2.75, 3.05) is 6.54 Å². The second-order valence-electron chi connectivity index (χ2n) is 3.89. The highest BCUT2D eigenvalue weighted by Gasteiger charge is 2.37. The minimum Gasteiger partial charge on any atom is -0.382 e. The van der Waals surface area contributed by atoms with Gasteiger partial charge in [-0.25, -0.2) is 8.78 Å². The summed E-state index contributed by atoms with van der Waals surface area (Å²) in [6, 6.07) is 1.98. The van der Waals surface area contributed by atoms with E-state index < -0.39 is 36.5 Å². The second-order valence-corrected chi connectivity index (χ2v) is 3.89. The van der Waals surface area contributed by atoms with E-state index in [1.165, 1.54) is 6.92 Å². The molecule has 2 nitrogen and oxygen atoms in total. The molecule has 7 heteroatoms. The van der Waals surface area contributed by atoms with Crippen molar-refractivity contribution in [2.45, 2.75) is 25.2 Å². The Bertz CT molecular complexity index is 387. The van der Waals surface area contributed by atoms with Gasteiger partial charge in [-0.2, -0.15) is 13.2 Å². The van der Waals surface area contributed by atoms with Gasteiger partial charge in [-0.05, 0) is 24.6 Å². The Balaban J connectivity index is 2.63. The third kappa shape index (κ3) is 4.23. The van der Waals surface area contributed by atoms with Gasteiger partial charge in [-0.15, -0.1) is 0 Å². The zero-order chi connectivity index (χ0) is 13.9. The van der Waals surface area contributed by atoms with E-state index in [1.807, 2.05) is 0 Å². The molecule has 2 unspecified atom stereocenters. The van der Waals surface area contributed by atoms with Crippen LogP contribution >= 0.6 is 0 Å². The van der Waals surface area contributed by atoms with Crippen LogP contribution < -0.4 is 5.32 Å². The summed E-state index contributed by atoms with van der Waals surface area (Å²) in [5.74, 6) is -1.62. The quantitative estimate of drug-likeness (QED) is 0.823. The lowest BCUT2D eigenvalue weighted by Crippen LogP contribution is -2.39. The Morgan fingerprint density at radius 3 is 2.11 bits per heavy atom. The highest BCUT2D eigenvalue weighted by atomic mass is 19.4. The van der Waals surface area contributed by atoms with E-state index in [2.05, 4.69) is 5.32 Å². The molecule has 18 heavy (non-hydrogen) atoms. The summed E-state index contributed by atoms with van der Waals surface area (Å²) in [6.45, 7) is 0.695. The number of alkyl halides is 3. The number of benzene rings is 1. The lowest BCUT2D eigenvalue weighted by molar-refractivity contribution is -0.202. The van der Waals surface area contributed by atoms with Crippen molar-refractivity contribution < 1.29 is 27.1 Å². The molecule has 2 N–H and O–H groups in total. The highest BCUT2D eigenvalue weighted by Crippen LogP contribution is 2.21. The fourth-order valence-electron chi connectivity index (χ4n) is 1.35. The molecule has 0 bridgehead atoms. The number of nitrogens with one attached hydrogen (secondary N) is 1. The van der Waals surface area contributed by atoms with Gasteiger partial charge in [-0.1, -0.05) is 0 Å². The van der Waals surface area contributed by atoms with Gasteiger partial charge in [0, 0.05) is 18.7 Å². The number of hydrogen-bond donors (Lipinski definition) is 2. The Morgan fingerprint density at radius 1 is 1.17 bits per heavy atom. The Labute approximate surface area is 100 Å². The molecule has 0 amide bonds. The van der Waals surface area contributed by atoms with E-state index in [1.54, 1.807) is 0 Å². The van der Waals surface area contributed by atoms with Gasteiger partial charge in [0.2, 0.25) is 0 Å². The monoisotopic (exact) mass is 269 g/mol. The third-order valence-electron chi connectivity index (χ3n) is 2.38. The SMILES string of the molecule is CC(NCC(O)C(F)(F)F)c1cc(F)cc(F)c1. The van der Waals surface area contributed by atoms with Crippen LogP contribution in [-0.2, 0) is 0 Å². The summed E-state index contributed by atoms with van der Waals surface area (Å²) in [7, 11) is 0. The molecule has 0 fully saturated rings. The van der Waals surface area contributed by atoms with Crippen LogP contribution in [0.1, 0.15) is 18.5 Å². The van der Waals surface area contributed by atoms with Crippen LogP contribution in [0.5, 0.6) is 0 Å². The van der Waals surface area contributed by atoms with Crippen molar-refractivity contribution in [1.29, 1.82) is 0 Å². The number of hydrogen-bond acceptors (Lipinski definition) is 2. The molecular formula is C11H12F5NO. The van der Waals surface area contributed by atoms with Crippen LogP contribution in [0.2, 0.25) is 0 Å². The maximum absolute atomic E-state index is 12.9. The Kier molecular flexibility index (Phi) is 4.64. The standard InChI is InChI=1S/C11H12F5NO/c1-6(17-5-10(18)11(14,15)16)7-2-8(12)4-9(13)3-7/h2-4,6,10,17-18H,5H2,1H3. The molecule has 0 aliphatic heterocycles. The molecule has 0 aromatic heterocycles. The molecule has 0 saturated carbocycles. The van der Waals surface area contributed by atoms with Crippen LogP contribution in [0.25, 0.3) is 0 Å². The Hall–Kier alpha value is -1.21. The first-order chi connectivity index (χ1) is 8.20. The maximum Gasteiger partial charge on any atom is 0.415 e. The van der Waals surface area contributed by atoms with Gasteiger partial charge in [0.25, 0.3) is 0 Å². The van der Waals surface area contributed by atoms with E-state index in [0.717, 1.165) is 12.1 Å². The molecule has 0 aliphatic carbocycles. The van der Waals surface area contributed by atoms with E-state index in [4.69, 9.17) is 5.11 Å². The summed E-state index contributed by atoms with van der Waals surface area (Å²) < 4.78 is 61.8. The average Bonchev–Trinajstić information content (AvgIpc) is 2.22. The summed E-state index contributed by atoms with van der Waals surface area (Å²) in [5.41, 5.74) is 0.168. The van der Waals surface area contributed by atoms with E-state index in [-0.39, 0.29) is 5.56 Å². The molecule has 102 valence electrons. The number of halogens is 5. The van der Waals surface area contributed by atoms with Gasteiger partial charge in [0.15, 0.2) is 6.10 Å². The summed E-state index contributed by atoms with van der Waals surface area (Å²) in [5, 5.41) is 11.1. The van der Waals surface area contributed by atoms with Crippen LogP contribution in [0.15, 0.2) is 18.2 Å². The van der Waals surface area contributed by atoms with Crippen molar-refractivity contribution in [3.63, 3.8) is 0 Å². The van der Waals surface area contributed by atoms with Crippen molar-refractivity contribution in [1.82, 2.24) is 5.32 Å². The van der Waals surface area contributed by atoms with Crippen molar-refractivity contribution >= 4 is 0 Å². The molecular weight excluding hydrogens is 257 g/mol. The summed E-state index contributed by atoms with van der Waals surface area (Å²) in [4.78, 5) is 0. The topological polar surface area (TPSA) is 32.3 Å². The second kappa shape index (κ2) is 5.62. The van der Waals surface area contributed by atoms with Gasteiger partial charge >= 0.3 is 6.18 Å². The van der Waals surface area contributed by atoms with Crippen LogP contribution in [0.4, 0.5) is 22.0 Å². The zero-order valence-corrected chi connectivity index (χ0v) is 9.43. The van der Waals surface area contributed by atoms with Crippen LogP contribution in [0, 0.1) is 11.6 Å². The van der Waals surface area contributed by atoms with Crippen molar-refractivity contribution in [3.05, 3.63) is 35.4 Å². The third-order valence-corrected chi connectivity index (χ3v) is 2.38. The fraction of sp³-hybridized carbons (Fsp3) is 0.455. The summed E-state index contributed by atoms with van der Waals surface area (Å²) in [6.07, 6.45) is -7.24. The normalized spacial score (nSPS) is 15.5. The minimum absolute atomic E-state index is 0.168. The molecule has 0 saturated heterocycles. The molecule has 0 radical (unpaired) electrons.